The van der Waals surface area contributed by atoms with Gasteiger partial charge in [0.15, 0.2) is 11.6 Å². The van der Waals surface area contributed by atoms with Gasteiger partial charge in [-0.1, -0.05) is 24.3 Å². The van der Waals surface area contributed by atoms with Gasteiger partial charge in [-0.25, -0.2) is 8.78 Å². The Bertz CT molecular complexity index is 669. The molecule has 1 atom stereocenters. The van der Waals surface area contributed by atoms with Crippen LogP contribution in [0.5, 0.6) is 0 Å². The van der Waals surface area contributed by atoms with Gasteiger partial charge in [0.25, 0.3) is 0 Å². The van der Waals surface area contributed by atoms with E-state index < -0.39 is 11.6 Å². The first kappa shape index (κ1) is 12.8. The Morgan fingerprint density at radius 3 is 2.75 bits per heavy atom. The normalized spacial score (nSPS) is 16.6. The Hall–Kier alpha value is -2.23. The van der Waals surface area contributed by atoms with E-state index >= 15 is 0 Å². The van der Waals surface area contributed by atoms with Crippen LogP contribution in [0.2, 0.25) is 0 Å². The Morgan fingerprint density at radius 2 is 1.95 bits per heavy atom. The minimum absolute atomic E-state index is 0.00783. The fraction of sp³-hybridized carbons (Fsp3) is 0.188. The zero-order chi connectivity index (χ0) is 14.1. The van der Waals surface area contributed by atoms with E-state index in [2.05, 4.69) is 5.32 Å². The number of hydrogen-bond acceptors (Lipinski definition) is 2. The van der Waals surface area contributed by atoms with Crippen LogP contribution in [0, 0.1) is 11.6 Å². The van der Waals surface area contributed by atoms with Gasteiger partial charge < -0.3 is 5.32 Å². The Morgan fingerprint density at radius 1 is 1.15 bits per heavy atom. The van der Waals surface area contributed by atoms with Crippen LogP contribution in [0.1, 0.15) is 17.0 Å². The maximum absolute atomic E-state index is 13.1. The van der Waals surface area contributed by atoms with Gasteiger partial charge in [0.2, 0.25) is 0 Å². The maximum Gasteiger partial charge on any atom is 0.159 e. The summed E-state index contributed by atoms with van der Waals surface area (Å²) in [6.45, 7) is 0.557. The third kappa shape index (κ3) is 2.29. The number of ketones is 1. The maximum atomic E-state index is 13.1. The van der Waals surface area contributed by atoms with E-state index in [9.17, 15) is 13.6 Å². The van der Waals surface area contributed by atoms with Gasteiger partial charge in [-0.05, 0) is 29.3 Å². The molecule has 1 heterocycles. The molecular formula is C16H13F2NO. The molecule has 0 fully saturated rings. The second-order valence-electron chi connectivity index (χ2n) is 4.91. The molecule has 2 nitrogen and oxygen atoms in total. The van der Waals surface area contributed by atoms with Crippen molar-refractivity contribution in [3.63, 3.8) is 0 Å². The number of carbonyl (C=O) groups excluding carboxylic acids is 1. The summed E-state index contributed by atoms with van der Waals surface area (Å²) in [5.41, 5.74) is 2.44. The van der Waals surface area contributed by atoms with E-state index in [0.717, 1.165) is 23.4 Å². The first-order valence-electron chi connectivity index (χ1n) is 6.44. The van der Waals surface area contributed by atoms with E-state index in [1.165, 1.54) is 6.07 Å². The number of Topliss-reactive ketones (excluding diaryl/α,β-unsaturated/α-hetero) is 1. The molecule has 0 aromatic heterocycles. The number of halogens is 2. The molecule has 0 bridgehead atoms. The molecule has 1 unspecified atom stereocenters. The number of fused-ring (bicyclic) bond motifs is 1. The van der Waals surface area contributed by atoms with E-state index in [1.54, 1.807) is 0 Å². The molecule has 0 aliphatic carbocycles. The second-order valence-corrected chi connectivity index (χ2v) is 4.91. The van der Waals surface area contributed by atoms with Crippen molar-refractivity contribution in [3.05, 3.63) is 65.2 Å². The van der Waals surface area contributed by atoms with Gasteiger partial charge in [-0.15, -0.1) is 0 Å². The molecule has 4 heteroatoms. The van der Waals surface area contributed by atoms with Crippen molar-refractivity contribution in [2.75, 3.05) is 11.9 Å². The second kappa shape index (κ2) is 5.04. The van der Waals surface area contributed by atoms with Crippen LogP contribution in [-0.4, -0.2) is 12.3 Å². The molecule has 0 amide bonds. The first-order chi connectivity index (χ1) is 9.65. The molecule has 3 rings (SSSR count). The third-order valence-electron chi connectivity index (χ3n) is 3.58. The average molecular weight is 273 g/mol. The monoisotopic (exact) mass is 273 g/mol. The predicted octanol–water partition coefficient (Wildman–Crippen LogP) is 3.29. The zero-order valence-electron chi connectivity index (χ0n) is 10.7. The summed E-state index contributed by atoms with van der Waals surface area (Å²) in [5, 5.41) is 3.18. The van der Waals surface area contributed by atoms with Gasteiger partial charge in [-0.2, -0.15) is 0 Å². The third-order valence-corrected chi connectivity index (χ3v) is 3.58. The molecule has 0 saturated heterocycles. The summed E-state index contributed by atoms with van der Waals surface area (Å²) in [6.07, 6.45) is 0.109. The summed E-state index contributed by atoms with van der Waals surface area (Å²) >= 11 is 0. The number of hydrogen-bond donors (Lipinski definition) is 1. The Kier molecular flexibility index (Phi) is 3.22. The number of para-hydroxylation sites is 1. The highest BCUT2D eigenvalue weighted by atomic mass is 19.2. The molecule has 102 valence electrons. The van der Waals surface area contributed by atoms with Crippen LogP contribution in [0.4, 0.5) is 14.5 Å². The van der Waals surface area contributed by atoms with Gasteiger partial charge in [0.1, 0.15) is 5.78 Å². The fourth-order valence-electron chi connectivity index (χ4n) is 2.55. The zero-order valence-corrected chi connectivity index (χ0v) is 10.7. The lowest BCUT2D eigenvalue weighted by Crippen LogP contribution is -2.17. The summed E-state index contributed by atoms with van der Waals surface area (Å²) in [5.74, 6) is -2.03. The highest BCUT2D eigenvalue weighted by molar-refractivity contribution is 5.91. The molecule has 1 aliphatic rings. The summed E-state index contributed by atoms with van der Waals surface area (Å²) in [7, 11) is 0. The van der Waals surface area contributed by atoms with Gasteiger partial charge in [0.05, 0.1) is 5.92 Å². The van der Waals surface area contributed by atoms with Crippen molar-refractivity contribution < 1.29 is 13.6 Å². The van der Waals surface area contributed by atoms with Gasteiger partial charge >= 0.3 is 0 Å². The summed E-state index contributed by atoms with van der Waals surface area (Å²) < 4.78 is 26.0. The molecule has 2 aromatic rings. The quantitative estimate of drug-likeness (QED) is 0.929. The van der Waals surface area contributed by atoms with E-state index in [1.807, 2.05) is 24.3 Å². The highest BCUT2D eigenvalue weighted by Gasteiger charge is 2.27. The SMILES string of the molecule is O=C(Cc1ccc(F)c(F)c1)C1CNc2ccccc21. The molecular weight excluding hydrogens is 260 g/mol. The number of anilines is 1. The van der Waals surface area contributed by atoms with Crippen LogP contribution in [-0.2, 0) is 11.2 Å². The number of benzene rings is 2. The highest BCUT2D eigenvalue weighted by Crippen LogP contribution is 2.32. The van der Waals surface area contributed by atoms with Crippen LogP contribution < -0.4 is 5.32 Å². The molecule has 0 saturated carbocycles. The summed E-state index contributed by atoms with van der Waals surface area (Å²) in [6, 6.07) is 11.2. The first-order valence-corrected chi connectivity index (χ1v) is 6.44. The number of carbonyl (C=O) groups is 1. The van der Waals surface area contributed by atoms with Crippen LogP contribution in [0.15, 0.2) is 42.5 Å². The van der Waals surface area contributed by atoms with Crippen molar-refractivity contribution in [3.8, 4) is 0 Å². The molecule has 1 aliphatic heterocycles. The lowest BCUT2D eigenvalue weighted by Gasteiger charge is -2.09. The predicted molar refractivity (Wildman–Crippen MR) is 72.7 cm³/mol. The number of nitrogens with one attached hydrogen (secondary N) is 1. The minimum Gasteiger partial charge on any atom is -0.384 e. The molecule has 0 radical (unpaired) electrons. The molecule has 20 heavy (non-hydrogen) atoms. The van der Waals surface area contributed by atoms with Crippen molar-refractivity contribution >= 4 is 11.5 Å². The van der Waals surface area contributed by atoms with E-state index in [4.69, 9.17) is 0 Å². The van der Waals surface area contributed by atoms with Crippen LogP contribution in [0.3, 0.4) is 0 Å². The molecule has 2 aromatic carbocycles. The standard InChI is InChI=1S/C16H13F2NO/c17-13-6-5-10(7-14(13)18)8-16(20)12-9-19-15-4-2-1-3-11(12)15/h1-7,12,19H,8-9H2. The van der Waals surface area contributed by atoms with Crippen LogP contribution in [0.25, 0.3) is 0 Å². The Balaban J connectivity index is 1.79. The number of rotatable bonds is 3. The van der Waals surface area contributed by atoms with Crippen molar-refractivity contribution in [1.82, 2.24) is 0 Å². The van der Waals surface area contributed by atoms with Crippen LogP contribution >= 0.6 is 0 Å². The fourth-order valence-corrected chi connectivity index (χ4v) is 2.55. The molecule has 0 spiro atoms. The van der Waals surface area contributed by atoms with E-state index in [0.29, 0.717) is 12.1 Å². The smallest absolute Gasteiger partial charge is 0.159 e. The lowest BCUT2D eigenvalue weighted by atomic mass is 9.93. The Labute approximate surface area is 115 Å². The van der Waals surface area contributed by atoms with Crippen molar-refractivity contribution in [2.24, 2.45) is 0 Å². The van der Waals surface area contributed by atoms with Gasteiger partial charge in [0, 0.05) is 18.7 Å². The van der Waals surface area contributed by atoms with Crippen molar-refractivity contribution in [1.29, 1.82) is 0 Å². The minimum atomic E-state index is -0.916. The van der Waals surface area contributed by atoms with Crippen molar-refractivity contribution in [2.45, 2.75) is 12.3 Å². The average Bonchev–Trinajstić information content (AvgIpc) is 2.87. The van der Waals surface area contributed by atoms with E-state index in [-0.39, 0.29) is 18.1 Å². The largest absolute Gasteiger partial charge is 0.384 e. The van der Waals surface area contributed by atoms with Gasteiger partial charge in [-0.3, -0.25) is 4.79 Å². The lowest BCUT2D eigenvalue weighted by molar-refractivity contribution is -0.119. The molecule has 1 N–H and O–H groups in total. The topological polar surface area (TPSA) is 29.1 Å². The summed E-state index contributed by atoms with van der Waals surface area (Å²) in [4.78, 5) is 12.3.